The van der Waals surface area contributed by atoms with Crippen molar-refractivity contribution in [2.75, 3.05) is 13.2 Å². The van der Waals surface area contributed by atoms with Crippen LogP contribution < -0.4 is 0 Å². The lowest BCUT2D eigenvalue weighted by atomic mass is 9.45. The van der Waals surface area contributed by atoms with Gasteiger partial charge in [0, 0.05) is 29.8 Å². The summed E-state index contributed by atoms with van der Waals surface area (Å²) in [7, 11) is 0. The minimum atomic E-state index is -1.03. The monoisotopic (exact) mass is 726 g/mol. The first kappa shape index (κ1) is 38.4. The molecule has 2 aromatic carbocycles. The van der Waals surface area contributed by atoms with Gasteiger partial charge < -0.3 is 24.4 Å². The number of azo groups is 1. The van der Waals surface area contributed by atoms with Crippen LogP contribution in [0, 0.1) is 28.6 Å². The topological polar surface area (TPSA) is 161 Å². The smallest absolute Gasteiger partial charge is 0.335 e. The van der Waals surface area contributed by atoms with Crippen molar-refractivity contribution in [3.63, 3.8) is 0 Å². The predicted molar refractivity (Wildman–Crippen MR) is 196 cm³/mol. The van der Waals surface area contributed by atoms with Crippen molar-refractivity contribution in [2.45, 2.75) is 97.1 Å². The maximum Gasteiger partial charge on any atom is 0.335 e. The van der Waals surface area contributed by atoms with Gasteiger partial charge in [0.05, 0.1) is 23.0 Å². The van der Waals surface area contributed by atoms with E-state index in [9.17, 15) is 24.3 Å². The molecule has 2 N–H and O–H groups in total. The molecule has 53 heavy (non-hydrogen) atoms. The molecule has 1 aliphatic heterocycles. The third kappa shape index (κ3) is 8.27. The van der Waals surface area contributed by atoms with Gasteiger partial charge in [-0.05, 0) is 105 Å². The number of ketones is 2. The van der Waals surface area contributed by atoms with Crippen molar-refractivity contribution in [1.29, 1.82) is 0 Å². The normalized spacial score (nSPS) is 31.2. The molecule has 0 radical (unpaired) electrons. The van der Waals surface area contributed by atoms with Gasteiger partial charge in [-0.15, -0.1) is 0 Å². The number of carbonyl (C=O) groups is 4. The van der Waals surface area contributed by atoms with E-state index in [4.69, 9.17) is 19.3 Å². The number of nitrogens with zero attached hydrogens (tertiary/aromatic N) is 2. The Labute approximate surface area is 310 Å². The van der Waals surface area contributed by atoms with Crippen molar-refractivity contribution in [1.82, 2.24) is 0 Å². The van der Waals surface area contributed by atoms with E-state index in [1.54, 1.807) is 30.4 Å². The zero-order chi connectivity index (χ0) is 37.8. The van der Waals surface area contributed by atoms with Crippen LogP contribution in [0.3, 0.4) is 0 Å². The number of aryl methyl sites for hydroxylation is 1. The standard InChI is InChI=1S/C42H50N2O9/c1-4-8-37-51-22-7-10-32-31-18-15-28-23-30(45)20-21-41(28,2)38(31)34(46)24-42(32,3)39(53-37)35(47)25-52-36(48)19-14-26-9-5-6-11-33(26)44-43-29-16-12-27(13-17-29)40(49)50/h5-6,9,11-13,16-17,20-21,23,31-32,34,37-39,46H,4,7-8,10,14-15,18-19,22,24-25H2,1-3H3,(H,49,50). The van der Waals surface area contributed by atoms with Crippen LogP contribution in [0.25, 0.3) is 0 Å². The number of benzene rings is 2. The van der Waals surface area contributed by atoms with Crippen LogP contribution >= 0.6 is 0 Å². The molecule has 4 aliphatic rings. The fourth-order valence-electron chi connectivity index (χ4n) is 9.38. The maximum absolute atomic E-state index is 14.2. The van der Waals surface area contributed by atoms with Gasteiger partial charge in [-0.25, -0.2) is 4.79 Å². The highest BCUT2D eigenvalue weighted by Crippen LogP contribution is 2.62. The molecule has 0 amide bonds. The molecule has 8 unspecified atom stereocenters. The summed E-state index contributed by atoms with van der Waals surface area (Å²) < 4.78 is 18.4. The molecule has 2 aromatic rings. The van der Waals surface area contributed by atoms with E-state index < -0.39 is 47.9 Å². The molecule has 3 aliphatic carbocycles. The molecule has 3 fully saturated rings. The zero-order valence-electron chi connectivity index (χ0n) is 30.7. The number of rotatable bonds is 11. The van der Waals surface area contributed by atoms with Crippen molar-refractivity contribution >= 4 is 34.9 Å². The van der Waals surface area contributed by atoms with Gasteiger partial charge in [-0.2, -0.15) is 10.2 Å². The molecule has 1 saturated heterocycles. The summed E-state index contributed by atoms with van der Waals surface area (Å²) in [5, 5.41) is 29.6. The number of aliphatic hydroxyl groups excluding tert-OH is 1. The summed E-state index contributed by atoms with van der Waals surface area (Å²) in [6, 6.07) is 13.3. The zero-order valence-corrected chi connectivity index (χ0v) is 30.7. The molecule has 11 heteroatoms. The van der Waals surface area contributed by atoms with Crippen LogP contribution in [0.2, 0.25) is 0 Å². The third-order valence-corrected chi connectivity index (χ3v) is 12.0. The number of hydrogen-bond acceptors (Lipinski definition) is 10. The highest BCUT2D eigenvalue weighted by Gasteiger charge is 2.61. The van der Waals surface area contributed by atoms with Crippen LogP contribution in [-0.2, 0) is 35.0 Å². The van der Waals surface area contributed by atoms with E-state index >= 15 is 0 Å². The molecule has 0 bridgehead atoms. The van der Waals surface area contributed by atoms with Crippen molar-refractivity contribution in [3.8, 4) is 0 Å². The molecule has 1 heterocycles. The summed E-state index contributed by atoms with van der Waals surface area (Å²) >= 11 is 0. The molecule has 282 valence electrons. The predicted octanol–water partition coefficient (Wildman–Crippen LogP) is 7.65. The van der Waals surface area contributed by atoms with Gasteiger partial charge in [0.25, 0.3) is 0 Å². The van der Waals surface area contributed by atoms with Gasteiger partial charge in [0.15, 0.2) is 24.5 Å². The second kappa shape index (κ2) is 16.4. The summed E-state index contributed by atoms with van der Waals surface area (Å²) in [5.41, 5.74) is 1.84. The minimum absolute atomic E-state index is 0.00698. The van der Waals surface area contributed by atoms with Crippen LogP contribution in [0.15, 0.2) is 82.6 Å². The first-order valence-electron chi connectivity index (χ1n) is 18.8. The Bertz CT molecular complexity index is 1780. The largest absolute Gasteiger partial charge is 0.478 e. The highest BCUT2D eigenvalue weighted by molar-refractivity contribution is 6.01. The molecule has 6 rings (SSSR count). The summed E-state index contributed by atoms with van der Waals surface area (Å²) in [4.78, 5) is 50.8. The number of esters is 1. The average Bonchev–Trinajstić information content (AvgIpc) is 3.20. The second-order valence-electron chi connectivity index (χ2n) is 15.4. The lowest BCUT2D eigenvalue weighted by Crippen LogP contribution is -2.61. The summed E-state index contributed by atoms with van der Waals surface area (Å²) in [5.74, 6) is -1.91. The Kier molecular flexibility index (Phi) is 11.9. The Hall–Kier alpha value is -4.32. The lowest BCUT2D eigenvalue weighted by molar-refractivity contribution is -0.222. The number of fused-ring (bicyclic) bond motifs is 5. The number of aromatic carboxylic acids is 1. The number of hydrogen-bond donors (Lipinski definition) is 2. The maximum atomic E-state index is 14.2. The highest BCUT2D eigenvalue weighted by atomic mass is 16.7. The minimum Gasteiger partial charge on any atom is -0.478 e. The molecule has 11 nitrogen and oxygen atoms in total. The van der Waals surface area contributed by atoms with Gasteiger partial charge in [0.2, 0.25) is 0 Å². The molecular weight excluding hydrogens is 676 g/mol. The second-order valence-corrected chi connectivity index (χ2v) is 15.4. The van der Waals surface area contributed by atoms with E-state index in [0.29, 0.717) is 37.2 Å². The quantitative estimate of drug-likeness (QED) is 0.175. The van der Waals surface area contributed by atoms with Gasteiger partial charge in [0.1, 0.15) is 6.10 Å². The number of ether oxygens (including phenoxy) is 3. The SMILES string of the molecule is CCCC1OCCCC2C3CCC4=CC(=O)C=CC4(C)C3C(O)CC2(C)C(C(=O)COC(=O)CCc2ccccc2N=Nc2ccc(C(=O)O)cc2)O1. The number of allylic oxidation sites excluding steroid dienone is 4. The van der Waals surface area contributed by atoms with E-state index in [2.05, 4.69) is 24.1 Å². The molecular formula is C42H50N2O9. The van der Waals surface area contributed by atoms with Crippen LogP contribution in [0.1, 0.15) is 88.1 Å². The lowest BCUT2D eigenvalue weighted by Gasteiger charge is -2.60. The van der Waals surface area contributed by atoms with Crippen LogP contribution in [0.4, 0.5) is 11.4 Å². The van der Waals surface area contributed by atoms with E-state index in [1.807, 2.05) is 31.2 Å². The van der Waals surface area contributed by atoms with Crippen molar-refractivity contribution in [3.05, 3.63) is 83.5 Å². The number of Topliss-reactive ketones (excluding diaryl/α,β-unsaturated/α-hetero) is 1. The van der Waals surface area contributed by atoms with Gasteiger partial charge >= 0.3 is 11.9 Å². The van der Waals surface area contributed by atoms with Crippen LogP contribution in [-0.4, -0.2) is 65.4 Å². The van der Waals surface area contributed by atoms with E-state index in [1.165, 1.54) is 12.1 Å². The number of carboxylic acid groups (broad SMARTS) is 1. The first-order valence-corrected chi connectivity index (χ1v) is 18.8. The summed E-state index contributed by atoms with van der Waals surface area (Å²) in [6.07, 6.45) is 8.25. The number of carboxylic acids is 1. The number of carbonyl (C=O) groups excluding carboxylic acids is 3. The van der Waals surface area contributed by atoms with Gasteiger partial charge in [-0.1, -0.05) is 57.0 Å². The van der Waals surface area contributed by atoms with Crippen LogP contribution in [0.5, 0.6) is 0 Å². The average molecular weight is 727 g/mol. The van der Waals surface area contributed by atoms with E-state index in [0.717, 1.165) is 43.2 Å². The Morgan fingerprint density at radius 3 is 2.57 bits per heavy atom. The molecule has 0 spiro atoms. The van der Waals surface area contributed by atoms with Gasteiger partial charge in [-0.3, -0.25) is 14.4 Å². The molecule has 0 aromatic heterocycles. The fourth-order valence-corrected chi connectivity index (χ4v) is 9.38. The molecule has 2 saturated carbocycles. The van der Waals surface area contributed by atoms with E-state index in [-0.39, 0.29) is 41.3 Å². The first-order chi connectivity index (χ1) is 25.4. The molecule has 8 atom stereocenters. The van der Waals surface area contributed by atoms with Crippen molar-refractivity contribution in [2.24, 2.45) is 38.8 Å². The Morgan fingerprint density at radius 1 is 1.04 bits per heavy atom. The third-order valence-electron chi connectivity index (χ3n) is 12.0. The Morgan fingerprint density at radius 2 is 1.81 bits per heavy atom. The number of aliphatic hydroxyl groups is 1. The summed E-state index contributed by atoms with van der Waals surface area (Å²) in [6.45, 7) is 6.25. The van der Waals surface area contributed by atoms with Crippen molar-refractivity contribution < 1.29 is 43.6 Å². The fraction of sp³-hybridized carbons (Fsp3) is 0.524. The Balaban J connectivity index is 1.15.